The van der Waals surface area contributed by atoms with E-state index >= 15 is 0 Å². The molecule has 2 aromatic heterocycles. The average molecular weight is 341 g/mol. The fourth-order valence-electron chi connectivity index (χ4n) is 1.53. The number of hydrogen-bond donors (Lipinski definition) is 1. The summed E-state index contributed by atoms with van der Waals surface area (Å²) in [6.45, 7) is 0. The third-order valence-corrected chi connectivity index (χ3v) is 4.23. The molecule has 1 aromatic carbocycles. The van der Waals surface area contributed by atoms with Gasteiger partial charge in [0.2, 0.25) is 9.47 Å². The monoisotopic (exact) mass is 340 g/mol. The van der Waals surface area contributed by atoms with E-state index in [4.69, 9.17) is 11.6 Å². The Kier molecular flexibility index (Phi) is 3.91. The van der Waals surface area contributed by atoms with Crippen LogP contribution in [0.4, 0.5) is 9.52 Å². The third-order valence-electron chi connectivity index (χ3n) is 2.46. The molecule has 0 aliphatic rings. The molecule has 1 amide bonds. The van der Waals surface area contributed by atoms with Crippen molar-refractivity contribution in [2.24, 2.45) is 0 Å². The highest BCUT2D eigenvalue weighted by atomic mass is 35.5. The van der Waals surface area contributed by atoms with Crippen molar-refractivity contribution in [3.05, 3.63) is 44.9 Å². The molecule has 5 nitrogen and oxygen atoms in total. The predicted molar refractivity (Wildman–Crippen MR) is 80.4 cm³/mol. The Labute approximate surface area is 131 Å². The number of amides is 1. The van der Waals surface area contributed by atoms with E-state index in [9.17, 15) is 9.18 Å². The normalized spacial score (nSPS) is 10.6. The van der Waals surface area contributed by atoms with Crippen LogP contribution in [0.15, 0.2) is 29.6 Å². The van der Waals surface area contributed by atoms with Gasteiger partial charge in [-0.05, 0) is 35.9 Å². The molecule has 0 spiro atoms. The van der Waals surface area contributed by atoms with Gasteiger partial charge in [-0.25, -0.2) is 9.37 Å². The maximum Gasteiger partial charge on any atom is 0.288 e. The van der Waals surface area contributed by atoms with Gasteiger partial charge in [0, 0.05) is 10.9 Å². The first-order valence-electron chi connectivity index (χ1n) is 5.63. The predicted octanol–water partition coefficient (Wildman–Crippen LogP) is 3.71. The topological polar surface area (TPSA) is 67.8 Å². The van der Waals surface area contributed by atoms with E-state index in [2.05, 4.69) is 20.5 Å². The lowest BCUT2D eigenvalue weighted by molar-refractivity contribution is 0.102. The third kappa shape index (κ3) is 3.23. The molecule has 0 bridgehead atoms. The van der Waals surface area contributed by atoms with Crippen LogP contribution in [0.25, 0.3) is 11.3 Å². The van der Waals surface area contributed by atoms with Crippen LogP contribution in [0.1, 0.15) is 9.80 Å². The molecule has 0 aliphatic heterocycles. The lowest BCUT2D eigenvalue weighted by atomic mass is 10.2. The van der Waals surface area contributed by atoms with Crippen LogP contribution < -0.4 is 5.32 Å². The average Bonchev–Trinajstić information content (AvgIpc) is 3.09. The Bertz CT molecular complexity index is 787. The van der Waals surface area contributed by atoms with Gasteiger partial charge in [0.1, 0.15) is 5.82 Å². The lowest BCUT2D eigenvalue weighted by Crippen LogP contribution is -2.11. The number of carbonyl (C=O) groups excluding carboxylic acids is 1. The first kappa shape index (κ1) is 14.1. The zero-order chi connectivity index (χ0) is 14.8. The first-order chi connectivity index (χ1) is 10.1. The van der Waals surface area contributed by atoms with Crippen molar-refractivity contribution in [2.45, 2.75) is 0 Å². The van der Waals surface area contributed by atoms with Crippen LogP contribution in [0.3, 0.4) is 0 Å². The quantitative estimate of drug-likeness (QED) is 0.789. The fraction of sp³-hybridized carbons (Fsp3) is 0. The summed E-state index contributed by atoms with van der Waals surface area (Å²) in [6, 6.07) is 5.97. The van der Waals surface area contributed by atoms with Crippen LogP contribution in [-0.2, 0) is 0 Å². The van der Waals surface area contributed by atoms with Crippen LogP contribution in [0.5, 0.6) is 0 Å². The number of carbonyl (C=O) groups is 1. The highest BCUT2D eigenvalue weighted by Gasteiger charge is 2.14. The van der Waals surface area contributed by atoms with Crippen molar-refractivity contribution in [2.75, 3.05) is 5.32 Å². The number of aromatic nitrogens is 3. The second-order valence-electron chi connectivity index (χ2n) is 3.86. The number of benzene rings is 1. The number of thiazole rings is 1. The van der Waals surface area contributed by atoms with Gasteiger partial charge >= 0.3 is 0 Å². The summed E-state index contributed by atoms with van der Waals surface area (Å²) >= 11 is 7.88. The van der Waals surface area contributed by atoms with Gasteiger partial charge in [0.05, 0.1) is 5.69 Å². The minimum Gasteiger partial charge on any atom is -0.296 e. The molecular formula is C12H6ClFN4OS2. The molecule has 2 heterocycles. The Morgan fingerprint density at radius 2 is 2.00 bits per heavy atom. The van der Waals surface area contributed by atoms with E-state index in [1.807, 2.05) is 0 Å². The Balaban J connectivity index is 1.76. The van der Waals surface area contributed by atoms with Crippen molar-refractivity contribution in [3.8, 4) is 11.3 Å². The summed E-state index contributed by atoms with van der Waals surface area (Å²) in [7, 11) is 0. The van der Waals surface area contributed by atoms with E-state index in [0.29, 0.717) is 10.8 Å². The van der Waals surface area contributed by atoms with E-state index < -0.39 is 5.91 Å². The van der Waals surface area contributed by atoms with Crippen molar-refractivity contribution < 1.29 is 9.18 Å². The van der Waals surface area contributed by atoms with E-state index in [1.54, 1.807) is 17.5 Å². The van der Waals surface area contributed by atoms with Gasteiger partial charge < -0.3 is 0 Å². The van der Waals surface area contributed by atoms with Crippen LogP contribution in [0, 0.1) is 5.82 Å². The Hall–Kier alpha value is -1.90. The minimum atomic E-state index is -0.417. The molecule has 0 aliphatic carbocycles. The molecule has 21 heavy (non-hydrogen) atoms. The second-order valence-corrected chi connectivity index (χ2v) is 6.28. The maximum absolute atomic E-state index is 12.9. The fourth-order valence-corrected chi connectivity index (χ4v) is 2.97. The number of hydrogen-bond acceptors (Lipinski definition) is 6. The summed E-state index contributed by atoms with van der Waals surface area (Å²) in [5, 5.41) is 12.2. The van der Waals surface area contributed by atoms with Crippen molar-refractivity contribution in [3.63, 3.8) is 0 Å². The summed E-state index contributed by atoms with van der Waals surface area (Å²) in [5.74, 6) is -0.727. The number of nitrogens with zero attached hydrogens (tertiary/aromatic N) is 3. The van der Waals surface area contributed by atoms with E-state index in [-0.39, 0.29) is 15.3 Å². The number of nitrogens with one attached hydrogen (secondary N) is 1. The lowest BCUT2D eigenvalue weighted by Gasteiger charge is -1.97. The van der Waals surface area contributed by atoms with Crippen LogP contribution in [-0.4, -0.2) is 21.1 Å². The standard InChI is InChI=1S/C12H6ClFN4OS2/c13-11-18-17-10(21-11)9(19)16-12-15-8(5-20-12)6-1-3-7(14)4-2-6/h1-5H,(H,15,16,19). The molecule has 106 valence electrons. The Morgan fingerprint density at radius 1 is 1.24 bits per heavy atom. The minimum absolute atomic E-state index is 0.165. The number of halogens is 2. The van der Waals surface area contributed by atoms with E-state index in [0.717, 1.165) is 16.9 Å². The highest BCUT2D eigenvalue weighted by Crippen LogP contribution is 2.25. The summed E-state index contributed by atoms with van der Waals surface area (Å²) in [4.78, 5) is 16.1. The zero-order valence-electron chi connectivity index (χ0n) is 10.2. The van der Waals surface area contributed by atoms with Gasteiger partial charge in [-0.3, -0.25) is 10.1 Å². The van der Waals surface area contributed by atoms with Gasteiger partial charge in [-0.2, -0.15) is 0 Å². The smallest absolute Gasteiger partial charge is 0.288 e. The van der Waals surface area contributed by atoms with Crippen LogP contribution in [0.2, 0.25) is 4.47 Å². The zero-order valence-corrected chi connectivity index (χ0v) is 12.6. The maximum atomic E-state index is 12.9. The molecule has 0 atom stereocenters. The van der Waals surface area contributed by atoms with Gasteiger partial charge in [-0.1, -0.05) is 11.3 Å². The van der Waals surface area contributed by atoms with Gasteiger partial charge in [-0.15, -0.1) is 21.5 Å². The molecule has 0 fully saturated rings. The molecule has 0 saturated heterocycles. The first-order valence-corrected chi connectivity index (χ1v) is 7.71. The number of anilines is 1. The SMILES string of the molecule is O=C(Nc1nc(-c2ccc(F)cc2)cs1)c1nnc(Cl)s1. The largest absolute Gasteiger partial charge is 0.296 e. The van der Waals surface area contributed by atoms with Crippen LogP contribution >= 0.6 is 34.3 Å². The highest BCUT2D eigenvalue weighted by molar-refractivity contribution is 7.17. The molecule has 9 heteroatoms. The summed E-state index contributed by atoms with van der Waals surface area (Å²) in [5.41, 5.74) is 1.43. The molecule has 0 saturated carbocycles. The summed E-state index contributed by atoms with van der Waals surface area (Å²) in [6.07, 6.45) is 0. The molecule has 0 radical (unpaired) electrons. The molecule has 3 rings (SSSR count). The summed E-state index contributed by atoms with van der Waals surface area (Å²) < 4.78 is 13.1. The Morgan fingerprint density at radius 3 is 2.67 bits per heavy atom. The van der Waals surface area contributed by atoms with Gasteiger partial charge in [0.15, 0.2) is 5.13 Å². The van der Waals surface area contributed by atoms with Crippen molar-refractivity contribution in [1.82, 2.24) is 15.2 Å². The number of rotatable bonds is 3. The molecule has 0 unspecified atom stereocenters. The van der Waals surface area contributed by atoms with Crippen molar-refractivity contribution >= 4 is 45.3 Å². The molecular weight excluding hydrogens is 335 g/mol. The van der Waals surface area contributed by atoms with Crippen molar-refractivity contribution in [1.29, 1.82) is 0 Å². The van der Waals surface area contributed by atoms with Gasteiger partial charge in [0.25, 0.3) is 5.91 Å². The second kappa shape index (κ2) is 5.84. The molecule has 1 N–H and O–H groups in total. The van der Waals surface area contributed by atoms with E-state index in [1.165, 1.54) is 23.5 Å². The molecule has 3 aromatic rings.